The summed E-state index contributed by atoms with van der Waals surface area (Å²) in [6.07, 6.45) is 0.791. The molecule has 0 radical (unpaired) electrons. The van der Waals surface area contributed by atoms with Crippen LogP contribution in [0.2, 0.25) is 0 Å². The van der Waals surface area contributed by atoms with E-state index in [4.69, 9.17) is 21.1 Å². The Balaban J connectivity index is 2.01. The molecule has 0 fully saturated rings. The van der Waals surface area contributed by atoms with Gasteiger partial charge in [0.05, 0.1) is 19.1 Å². The van der Waals surface area contributed by atoms with Crippen LogP contribution in [0.5, 0.6) is 11.5 Å². The fraction of sp³-hybridized carbons (Fsp3) is 0.294. The Morgan fingerprint density at radius 1 is 0.950 bits per heavy atom. The van der Waals surface area contributed by atoms with Gasteiger partial charge in [-0.25, -0.2) is 0 Å². The minimum Gasteiger partial charge on any atom is -0.497 e. The fourth-order valence-corrected chi connectivity index (χ4v) is 2.35. The topological polar surface area (TPSA) is 18.5 Å². The quantitative estimate of drug-likeness (QED) is 0.723. The van der Waals surface area contributed by atoms with Crippen LogP contribution in [-0.2, 0) is 6.42 Å². The van der Waals surface area contributed by atoms with Crippen LogP contribution in [-0.4, -0.2) is 13.7 Å². The average molecular weight is 291 g/mol. The van der Waals surface area contributed by atoms with Crippen molar-refractivity contribution in [1.29, 1.82) is 0 Å². The summed E-state index contributed by atoms with van der Waals surface area (Å²) in [4.78, 5) is 0. The highest BCUT2D eigenvalue weighted by molar-refractivity contribution is 6.20. The summed E-state index contributed by atoms with van der Waals surface area (Å²) < 4.78 is 10.6. The lowest BCUT2D eigenvalue weighted by Gasteiger charge is -2.11. The summed E-state index contributed by atoms with van der Waals surface area (Å²) in [6, 6.07) is 16.0. The molecule has 0 N–H and O–H groups in total. The zero-order chi connectivity index (χ0) is 14.4. The van der Waals surface area contributed by atoms with Gasteiger partial charge in [0.25, 0.3) is 0 Å². The van der Waals surface area contributed by atoms with Crippen molar-refractivity contribution in [2.45, 2.75) is 18.7 Å². The summed E-state index contributed by atoms with van der Waals surface area (Å²) in [5.74, 6) is 1.74. The fourth-order valence-electron chi connectivity index (χ4n) is 2.03. The Bertz CT molecular complexity index is 520. The van der Waals surface area contributed by atoms with Crippen LogP contribution < -0.4 is 9.47 Å². The van der Waals surface area contributed by atoms with Gasteiger partial charge in [0.2, 0.25) is 0 Å². The molecule has 2 aromatic rings. The van der Waals surface area contributed by atoms with Crippen molar-refractivity contribution >= 4 is 11.6 Å². The number of ether oxygens (including phenoxy) is 2. The molecule has 2 nitrogen and oxygen atoms in total. The third kappa shape index (κ3) is 3.91. The third-order valence-corrected chi connectivity index (χ3v) is 3.53. The molecule has 0 saturated heterocycles. The van der Waals surface area contributed by atoms with E-state index in [1.807, 2.05) is 55.5 Å². The van der Waals surface area contributed by atoms with Crippen LogP contribution in [0.3, 0.4) is 0 Å². The highest BCUT2D eigenvalue weighted by Crippen LogP contribution is 2.27. The molecule has 0 amide bonds. The van der Waals surface area contributed by atoms with Crippen molar-refractivity contribution < 1.29 is 9.47 Å². The smallest absolute Gasteiger partial charge is 0.119 e. The highest BCUT2D eigenvalue weighted by Gasteiger charge is 2.09. The molecular formula is C17H19ClO2. The van der Waals surface area contributed by atoms with E-state index < -0.39 is 0 Å². The van der Waals surface area contributed by atoms with Gasteiger partial charge < -0.3 is 9.47 Å². The Morgan fingerprint density at radius 3 is 2.10 bits per heavy atom. The summed E-state index contributed by atoms with van der Waals surface area (Å²) in [5, 5.41) is -0.0425. The van der Waals surface area contributed by atoms with E-state index in [1.54, 1.807) is 7.11 Å². The lowest BCUT2D eigenvalue weighted by Crippen LogP contribution is -1.97. The van der Waals surface area contributed by atoms with E-state index in [2.05, 4.69) is 0 Å². The number of halogens is 1. The van der Waals surface area contributed by atoms with E-state index in [0.29, 0.717) is 6.61 Å². The zero-order valence-electron chi connectivity index (χ0n) is 11.8. The molecule has 0 saturated carbocycles. The number of rotatable bonds is 6. The normalized spacial score (nSPS) is 11.9. The molecular weight excluding hydrogens is 272 g/mol. The zero-order valence-corrected chi connectivity index (χ0v) is 12.6. The molecule has 0 aliphatic rings. The first-order valence-corrected chi connectivity index (χ1v) is 7.16. The van der Waals surface area contributed by atoms with Crippen LogP contribution in [0.15, 0.2) is 48.5 Å². The molecule has 1 atom stereocenters. The van der Waals surface area contributed by atoms with E-state index in [0.717, 1.165) is 23.5 Å². The Labute approximate surface area is 125 Å². The molecule has 0 bridgehead atoms. The molecule has 0 aliphatic heterocycles. The molecule has 20 heavy (non-hydrogen) atoms. The van der Waals surface area contributed by atoms with Gasteiger partial charge in [-0.3, -0.25) is 0 Å². The maximum absolute atomic E-state index is 6.47. The van der Waals surface area contributed by atoms with Gasteiger partial charge in [0.1, 0.15) is 11.5 Å². The predicted octanol–water partition coefficient (Wildman–Crippen LogP) is 4.62. The first-order valence-electron chi connectivity index (χ1n) is 6.72. The number of benzene rings is 2. The van der Waals surface area contributed by atoms with Gasteiger partial charge >= 0.3 is 0 Å². The van der Waals surface area contributed by atoms with Crippen LogP contribution in [0.1, 0.15) is 23.4 Å². The van der Waals surface area contributed by atoms with Gasteiger partial charge in [-0.2, -0.15) is 0 Å². The molecule has 3 heteroatoms. The second-order valence-corrected chi connectivity index (χ2v) is 5.05. The van der Waals surface area contributed by atoms with Crippen LogP contribution in [0, 0.1) is 0 Å². The Morgan fingerprint density at radius 2 is 1.55 bits per heavy atom. The molecule has 2 aromatic carbocycles. The van der Waals surface area contributed by atoms with Crippen LogP contribution >= 0.6 is 11.6 Å². The van der Waals surface area contributed by atoms with E-state index >= 15 is 0 Å². The maximum atomic E-state index is 6.47. The van der Waals surface area contributed by atoms with E-state index in [-0.39, 0.29) is 5.38 Å². The van der Waals surface area contributed by atoms with E-state index in [1.165, 1.54) is 5.56 Å². The predicted molar refractivity (Wildman–Crippen MR) is 82.9 cm³/mol. The first-order chi connectivity index (χ1) is 9.72. The SMILES string of the molecule is CCOc1ccc(C(Cl)Cc2ccc(OC)cc2)cc1. The van der Waals surface area contributed by atoms with Crippen molar-refractivity contribution in [1.82, 2.24) is 0 Å². The minimum atomic E-state index is -0.0425. The van der Waals surface area contributed by atoms with Gasteiger partial charge in [0.15, 0.2) is 0 Å². The van der Waals surface area contributed by atoms with Crippen LogP contribution in [0.4, 0.5) is 0 Å². The molecule has 0 spiro atoms. The molecule has 1 unspecified atom stereocenters. The Hall–Kier alpha value is -1.67. The van der Waals surface area contributed by atoms with Gasteiger partial charge in [-0.15, -0.1) is 11.6 Å². The lowest BCUT2D eigenvalue weighted by atomic mass is 10.0. The molecule has 106 valence electrons. The number of methoxy groups -OCH3 is 1. The molecule has 2 rings (SSSR count). The lowest BCUT2D eigenvalue weighted by molar-refractivity contribution is 0.340. The van der Waals surface area contributed by atoms with Crippen molar-refractivity contribution in [3.8, 4) is 11.5 Å². The average Bonchev–Trinajstić information content (AvgIpc) is 2.49. The Kier molecular flexibility index (Phi) is 5.31. The van der Waals surface area contributed by atoms with Crippen molar-refractivity contribution in [2.75, 3.05) is 13.7 Å². The second-order valence-electron chi connectivity index (χ2n) is 4.52. The standard InChI is InChI=1S/C17H19ClO2/c1-3-20-16-10-6-14(7-11-16)17(18)12-13-4-8-15(19-2)9-5-13/h4-11,17H,3,12H2,1-2H3. The van der Waals surface area contributed by atoms with Crippen molar-refractivity contribution in [3.05, 3.63) is 59.7 Å². The summed E-state index contributed by atoms with van der Waals surface area (Å²) in [7, 11) is 1.67. The highest BCUT2D eigenvalue weighted by atomic mass is 35.5. The third-order valence-electron chi connectivity index (χ3n) is 3.13. The number of hydrogen-bond donors (Lipinski definition) is 0. The van der Waals surface area contributed by atoms with Crippen LogP contribution in [0.25, 0.3) is 0 Å². The summed E-state index contributed by atoms with van der Waals surface area (Å²) in [5.41, 5.74) is 2.30. The molecule has 0 heterocycles. The maximum Gasteiger partial charge on any atom is 0.119 e. The molecule has 0 aromatic heterocycles. The second kappa shape index (κ2) is 7.20. The first kappa shape index (κ1) is 14.7. The van der Waals surface area contributed by atoms with E-state index in [9.17, 15) is 0 Å². The summed E-state index contributed by atoms with van der Waals surface area (Å²) >= 11 is 6.47. The number of hydrogen-bond acceptors (Lipinski definition) is 2. The molecule has 0 aliphatic carbocycles. The van der Waals surface area contributed by atoms with Crippen molar-refractivity contribution in [2.24, 2.45) is 0 Å². The summed E-state index contributed by atoms with van der Waals surface area (Å²) in [6.45, 7) is 2.65. The monoisotopic (exact) mass is 290 g/mol. The minimum absolute atomic E-state index is 0.0425. The van der Waals surface area contributed by atoms with Gasteiger partial charge in [-0.1, -0.05) is 24.3 Å². The van der Waals surface area contributed by atoms with Gasteiger partial charge in [-0.05, 0) is 48.7 Å². The van der Waals surface area contributed by atoms with Gasteiger partial charge in [0, 0.05) is 0 Å². The largest absolute Gasteiger partial charge is 0.497 e. The van der Waals surface area contributed by atoms with Crippen molar-refractivity contribution in [3.63, 3.8) is 0 Å². The number of alkyl halides is 1.